The third kappa shape index (κ3) is 4.57. The van der Waals surface area contributed by atoms with Gasteiger partial charge in [-0.25, -0.2) is 0 Å². The van der Waals surface area contributed by atoms with Crippen molar-refractivity contribution in [1.29, 1.82) is 0 Å². The molecule has 1 saturated heterocycles. The summed E-state index contributed by atoms with van der Waals surface area (Å²) in [6.07, 6.45) is 10.5. The van der Waals surface area contributed by atoms with Gasteiger partial charge in [-0.3, -0.25) is 0 Å². The Bertz CT molecular complexity index is 474. The molecule has 0 amide bonds. The summed E-state index contributed by atoms with van der Waals surface area (Å²) in [5.74, 6) is 0.135. The average molecular weight is 304 g/mol. The van der Waals surface area contributed by atoms with Gasteiger partial charge in [-0.15, -0.1) is 0 Å². The van der Waals surface area contributed by atoms with Crippen molar-refractivity contribution in [2.75, 3.05) is 0 Å². The summed E-state index contributed by atoms with van der Waals surface area (Å²) in [7, 11) is 0. The maximum absolute atomic E-state index is 10.6. The van der Waals surface area contributed by atoms with Crippen molar-refractivity contribution in [3.8, 4) is 0 Å². The Kier molecular flexibility index (Phi) is 5.68. The highest BCUT2D eigenvalue weighted by Gasteiger charge is 2.52. The van der Waals surface area contributed by atoms with E-state index in [9.17, 15) is 5.11 Å². The molecule has 2 nitrogen and oxygen atoms in total. The lowest BCUT2D eigenvalue weighted by Gasteiger charge is -2.24. The first-order chi connectivity index (χ1) is 10.3. The zero-order valence-corrected chi connectivity index (χ0v) is 14.7. The lowest BCUT2D eigenvalue weighted by molar-refractivity contribution is 0.115. The van der Waals surface area contributed by atoms with Crippen LogP contribution in [-0.4, -0.2) is 22.9 Å². The Hall–Kier alpha value is -0.860. The van der Waals surface area contributed by atoms with Crippen LogP contribution < -0.4 is 0 Å². The number of allylic oxidation sites excluding steroid dienone is 3. The molecule has 0 bridgehead atoms. The molecular weight excluding hydrogens is 272 g/mol. The molecule has 0 radical (unpaired) electrons. The van der Waals surface area contributed by atoms with Crippen molar-refractivity contribution >= 4 is 0 Å². The molecule has 2 rings (SSSR count). The second-order valence-corrected chi connectivity index (χ2v) is 7.56. The van der Waals surface area contributed by atoms with E-state index in [-0.39, 0.29) is 23.7 Å². The molecule has 1 aliphatic carbocycles. The first-order valence-corrected chi connectivity index (χ1v) is 8.64. The van der Waals surface area contributed by atoms with E-state index in [0.717, 1.165) is 44.1 Å². The van der Waals surface area contributed by atoms with Crippen LogP contribution in [0.1, 0.15) is 66.2 Å². The molecule has 1 fully saturated rings. The van der Waals surface area contributed by atoms with Crippen molar-refractivity contribution < 1.29 is 9.84 Å². The van der Waals surface area contributed by atoms with Crippen LogP contribution in [0.4, 0.5) is 0 Å². The molecular formula is C20H32O2. The van der Waals surface area contributed by atoms with Gasteiger partial charge in [-0.05, 0) is 66.2 Å². The summed E-state index contributed by atoms with van der Waals surface area (Å²) in [5, 5.41) is 10.6. The summed E-state index contributed by atoms with van der Waals surface area (Å²) in [6, 6.07) is 0. The van der Waals surface area contributed by atoms with Crippen LogP contribution in [0.25, 0.3) is 0 Å². The summed E-state index contributed by atoms with van der Waals surface area (Å²) in [4.78, 5) is 0. The summed E-state index contributed by atoms with van der Waals surface area (Å²) < 4.78 is 5.98. The number of hydrogen-bond acceptors (Lipinski definition) is 2. The maximum atomic E-state index is 10.6. The number of epoxide rings is 1. The predicted molar refractivity (Wildman–Crippen MR) is 92.8 cm³/mol. The fourth-order valence-corrected chi connectivity index (χ4v) is 3.53. The molecule has 0 aromatic rings. The minimum Gasteiger partial charge on any atom is -0.392 e. The number of aliphatic hydroxyl groups is 1. The van der Waals surface area contributed by atoms with Crippen LogP contribution in [0, 0.1) is 5.92 Å². The van der Waals surface area contributed by atoms with Crippen LogP contribution in [-0.2, 0) is 4.74 Å². The van der Waals surface area contributed by atoms with Crippen molar-refractivity contribution in [3.05, 3.63) is 35.5 Å². The number of fused-ring (bicyclic) bond motifs is 1. The smallest absolute Gasteiger partial charge is 0.0923 e. The molecule has 124 valence electrons. The molecule has 1 aliphatic heterocycles. The van der Waals surface area contributed by atoms with Gasteiger partial charge in [0.05, 0.1) is 17.8 Å². The van der Waals surface area contributed by atoms with Crippen LogP contribution in [0.5, 0.6) is 0 Å². The van der Waals surface area contributed by atoms with Gasteiger partial charge in [0.2, 0.25) is 0 Å². The molecule has 0 unspecified atom stereocenters. The molecule has 22 heavy (non-hydrogen) atoms. The molecule has 2 aliphatic rings. The van der Waals surface area contributed by atoms with E-state index in [1.165, 1.54) is 11.1 Å². The molecule has 1 N–H and O–H groups in total. The Morgan fingerprint density at radius 3 is 2.64 bits per heavy atom. The number of rotatable bonds is 1. The third-order valence-electron chi connectivity index (χ3n) is 5.30. The topological polar surface area (TPSA) is 32.8 Å². The number of hydrogen-bond donors (Lipinski definition) is 1. The van der Waals surface area contributed by atoms with Gasteiger partial charge in [0.15, 0.2) is 0 Å². The van der Waals surface area contributed by atoms with Crippen LogP contribution >= 0.6 is 0 Å². The highest BCUT2D eigenvalue weighted by atomic mass is 16.6. The molecule has 0 aromatic heterocycles. The van der Waals surface area contributed by atoms with Gasteiger partial charge in [0, 0.05) is 5.92 Å². The van der Waals surface area contributed by atoms with Gasteiger partial charge in [0.1, 0.15) is 0 Å². The Labute approximate surface area is 136 Å². The second-order valence-electron chi connectivity index (χ2n) is 7.56. The lowest BCUT2D eigenvalue weighted by atomic mass is 9.84. The normalized spacial score (nSPS) is 42.1. The predicted octanol–water partition coefficient (Wildman–Crippen LogP) is 4.94. The quantitative estimate of drug-likeness (QED) is 0.549. The van der Waals surface area contributed by atoms with Gasteiger partial charge in [-0.2, -0.15) is 0 Å². The van der Waals surface area contributed by atoms with E-state index in [1.54, 1.807) is 0 Å². The summed E-state index contributed by atoms with van der Waals surface area (Å²) in [5.41, 5.74) is 3.81. The third-order valence-corrected chi connectivity index (χ3v) is 5.30. The highest BCUT2D eigenvalue weighted by molar-refractivity contribution is 5.12. The first kappa shape index (κ1) is 17.5. The Balaban J connectivity index is 2.13. The molecule has 2 heteroatoms. The van der Waals surface area contributed by atoms with Crippen molar-refractivity contribution in [2.24, 2.45) is 5.92 Å². The van der Waals surface area contributed by atoms with Crippen molar-refractivity contribution in [1.82, 2.24) is 0 Å². The minimum absolute atomic E-state index is 0.000793. The van der Waals surface area contributed by atoms with E-state index >= 15 is 0 Å². The monoisotopic (exact) mass is 304 g/mol. The first-order valence-electron chi connectivity index (χ1n) is 8.64. The minimum atomic E-state index is -0.346. The standard InChI is InChI=1S/C20H32O2/c1-14(2)17-13-19-20(5,22-19)11-7-10-15(3)8-6-9-16(4)12-18(17)21/h9-10,17-19,21H,1,6-8,11-13H2,2-5H3/b15-10+,16-9+/t17-,18-,19-,20-/m1/s1. The zero-order valence-electron chi connectivity index (χ0n) is 14.7. The zero-order chi connectivity index (χ0) is 16.3. The molecule has 0 aromatic carbocycles. The van der Waals surface area contributed by atoms with E-state index in [1.807, 2.05) is 6.92 Å². The van der Waals surface area contributed by atoms with Gasteiger partial charge in [-0.1, -0.05) is 35.5 Å². The largest absolute Gasteiger partial charge is 0.392 e. The van der Waals surface area contributed by atoms with Crippen LogP contribution in [0.15, 0.2) is 35.5 Å². The van der Waals surface area contributed by atoms with Gasteiger partial charge in [0.25, 0.3) is 0 Å². The fraction of sp³-hybridized carbons (Fsp3) is 0.700. The molecule has 1 heterocycles. The SMILES string of the molecule is C=C(C)[C@H]1C[C@H]2O[C@]2(C)CC/C=C(\C)CC/C=C(\C)C[C@H]1O. The van der Waals surface area contributed by atoms with E-state index in [2.05, 4.69) is 39.5 Å². The number of aliphatic hydroxyl groups excluding tert-OH is 1. The van der Waals surface area contributed by atoms with Crippen molar-refractivity contribution in [2.45, 2.75) is 84.0 Å². The van der Waals surface area contributed by atoms with Crippen molar-refractivity contribution in [3.63, 3.8) is 0 Å². The summed E-state index contributed by atoms with van der Waals surface area (Å²) in [6.45, 7) is 12.7. The molecule has 0 spiro atoms. The maximum Gasteiger partial charge on any atom is 0.0923 e. The fourth-order valence-electron chi connectivity index (χ4n) is 3.53. The highest BCUT2D eigenvalue weighted by Crippen LogP contribution is 2.45. The number of ether oxygens (including phenoxy) is 1. The van der Waals surface area contributed by atoms with Gasteiger partial charge < -0.3 is 9.84 Å². The molecule has 0 saturated carbocycles. The van der Waals surface area contributed by atoms with Gasteiger partial charge >= 0.3 is 0 Å². The van der Waals surface area contributed by atoms with Crippen LogP contribution in [0.2, 0.25) is 0 Å². The lowest BCUT2D eigenvalue weighted by Crippen LogP contribution is -2.25. The van der Waals surface area contributed by atoms with E-state index < -0.39 is 0 Å². The van der Waals surface area contributed by atoms with E-state index in [0.29, 0.717) is 0 Å². The van der Waals surface area contributed by atoms with E-state index in [4.69, 9.17) is 4.74 Å². The second kappa shape index (κ2) is 7.14. The Morgan fingerprint density at radius 1 is 1.27 bits per heavy atom. The van der Waals surface area contributed by atoms with Crippen LogP contribution in [0.3, 0.4) is 0 Å². The average Bonchev–Trinajstić information content (AvgIpc) is 3.05. The molecule has 4 atom stereocenters. The Morgan fingerprint density at radius 2 is 1.95 bits per heavy atom. The summed E-state index contributed by atoms with van der Waals surface area (Å²) >= 11 is 0.